The van der Waals surface area contributed by atoms with Gasteiger partial charge in [-0.1, -0.05) is 29.2 Å². The van der Waals surface area contributed by atoms with Gasteiger partial charge in [-0.2, -0.15) is 5.10 Å². The summed E-state index contributed by atoms with van der Waals surface area (Å²) >= 11 is 4.54. The summed E-state index contributed by atoms with van der Waals surface area (Å²) in [5.74, 6) is 0.941. The lowest BCUT2D eigenvalue weighted by Crippen LogP contribution is -2.28. The molecule has 0 radical (unpaired) electrons. The molecule has 1 fully saturated rings. The van der Waals surface area contributed by atoms with Gasteiger partial charge in [0.2, 0.25) is 5.13 Å². The highest BCUT2D eigenvalue weighted by atomic mass is 32.2. The lowest BCUT2D eigenvalue weighted by atomic mass is 10.1. The molecule has 28 heavy (non-hydrogen) atoms. The third-order valence-corrected chi connectivity index (χ3v) is 7.42. The van der Waals surface area contributed by atoms with Crippen molar-refractivity contribution < 1.29 is 9.21 Å². The molecule has 1 amide bonds. The van der Waals surface area contributed by atoms with E-state index < -0.39 is 0 Å². The molecule has 7 nitrogen and oxygen atoms in total. The van der Waals surface area contributed by atoms with Gasteiger partial charge in [0.1, 0.15) is 11.5 Å². The smallest absolute Gasteiger partial charge is 0.253 e. The summed E-state index contributed by atoms with van der Waals surface area (Å²) in [7, 11) is 0. The number of furan rings is 1. The summed E-state index contributed by atoms with van der Waals surface area (Å²) in [4.78, 5) is 14.1. The molecular formula is C18H17N5O2S3. The maximum atomic E-state index is 12.9. The standard InChI is InChI=1S/C18H17N5O2S3/c24-16(10-27-18-21-20-17(28-18)19-11-5-6-11)23-13(15-4-2-8-26-15)9-12(22-23)14-3-1-7-25-14/h1-4,7-8,11,13H,5-6,9-10H2,(H,19,20). The van der Waals surface area contributed by atoms with Gasteiger partial charge in [0.15, 0.2) is 4.34 Å². The highest BCUT2D eigenvalue weighted by Crippen LogP contribution is 2.36. The van der Waals surface area contributed by atoms with Gasteiger partial charge in [-0.3, -0.25) is 4.79 Å². The number of hydrogen-bond donors (Lipinski definition) is 1. The normalized spacial score (nSPS) is 19.1. The molecular weight excluding hydrogens is 414 g/mol. The summed E-state index contributed by atoms with van der Waals surface area (Å²) in [6, 6.07) is 8.21. The molecule has 2 aliphatic rings. The zero-order valence-electron chi connectivity index (χ0n) is 14.8. The largest absolute Gasteiger partial charge is 0.463 e. The van der Waals surface area contributed by atoms with Crippen molar-refractivity contribution in [3.63, 3.8) is 0 Å². The first-order chi connectivity index (χ1) is 13.8. The molecule has 1 aliphatic carbocycles. The summed E-state index contributed by atoms with van der Waals surface area (Å²) in [6.45, 7) is 0. The number of hydrogen-bond acceptors (Lipinski definition) is 9. The molecule has 3 aromatic heterocycles. The lowest BCUT2D eigenvalue weighted by molar-refractivity contribution is -0.130. The van der Waals surface area contributed by atoms with Crippen molar-refractivity contribution in [1.82, 2.24) is 15.2 Å². The minimum absolute atomic E-state index is 0.0446. The van der Waals surface area contributed by atoms with Crippen LogP contribution in [0, 0.1) is 0 Å². The molecule has 1 N–H and O–H groups in total. The first-order valence-corrected chi connectivity index (χ1v) is 11.6. The van der Waals surface area contributed by atoms with E-state index in [1.54, 1.807) is 22.6 Å². The van der Waals surface area contributed by atoms with Crippen LogP contribution in [0.3, 0.4) is 0 Å². The van der Waals surface area contributed by atoms with Gasteiger partial charge >= 0.3 is 0 Å². The van der Waals surface area contributed by atoms with Crippen LogP contribution in [0.5, 0.6) is 0 Å². The Bertz CT molecular complexity index is 979. The van der Waals surface area contributed by atoms with Gasteiger partial charge < -0.3 is 9.73 Å². The Labute approximate surface area is 173 Å². The molecule has 0 bridgehead atoms. The van der Waals surface area contributed by atoms with Crippen LogP contribution in [0.2, 0.25) is 0 Å². The summed E-state index contributed by atoms with van der Waals surface area (Å²) < 4.78 is 6.28. The number of hydrazone groups is 1. The van der Waals surface area contributed by atoms with Crippen molar-refractivity contribution in [2.45, 2.75) is 35.7 Å². The Balaban J connectivity index is 1.28. The van der Waals surface area contributed by atoms with Crippen LogP contribution in [-0.2, 0) is 4.79 Å². The third kappa shape index (κ3) is 3.85. The number of aromatic nitrogens is 2. The Kier molecular flexibility index (Phi) is 4.91. The zero-order valence-corrected chi connectivity index (χ0v) is 17.2. The second kappa shape index (κ2) is 7.69. The SMILES string of the molecule is O=C(CSc1nnc(NC2CC2)s1)N1N=C(c2ccco2)CC1c1cccs1. The van der Waals surface area contributed by atoms with Gasteiger partial charge in [-0.15, -0.1) is 21.5 Å². The fraction of sp³-hybridized carbons (Fsp3) is 0.333. The number of rotatable bonds is 7. The van der Waals surface area contributed by atoms with E-state index >= 15 is 0 Å². The molecule has 4 heterocycles. The van der Waals surface area contributed by atoms with Crippen molar-refractivity contribution in [3.05, 3.63) is 46.5 Å². The van der Waals surface area contributed by atoms with E-state index in [1.807, 2.05) is 29.6 Å². The van der Waals surface area contributed by atoms with Crippen molar-refractivity contribution >= 4 is 51.2 Å². The Morgan fingerprint density at radius 3 is 3.00 bits per heavy atom. The summed E-state index contributed by atoms with van der Waals surface area (Å²) in [6.07, 6.45) is 4.66. The predicted octanol–water partition coefficient (Wildman–Crippen LogP) is 4.24. The van der Waals surface area contributed by atoms with Crippen LogP contribution in [0.25, 0.3) is 0 Å². The minimum Gasteiger partial charge on any atom is -0.463 e. The monoisotopic (exact) mass is 431 g/mol. The van der Waals surface area contributed by atoms with Gasteiger partial charge in [0.05, 0.1) is 18.1 Å². The van der Waals surface area contributed by atoms with Gasteiger partial charge in [0.25, 0.3) is 5.91 Å². The molecule has 10 heteroatoms. The van der Waals surface area contributed by atoms with Crippen LogP contribution in [0.4, 0.5) is 5.13 Å². The number of thiophene rings is 1. The molecule has 1 unspecified atom stereocenters. The molecule has 0 saturated heterocycles. The molecule has 3 aromatic rings. The fourth-order valence-corrected chi connectivity index (χ4v) is 5.45. The van der Waals surface area contributed by atoms with E-state index in [0.717, 1.165) is 20.1 Å². The minimum atomic E-state index is -0.0882. The summed E-state index contributed by atoms with van der Waals surface area (Å²) in [5.41, 5.74) is 0.800. The number of thioether (sulfide) groups is 1. The topological polar surface area (TPSA) is 83.6 Å². The average Bonchev–Trinajstić information content (AvgIpc) is 3.24. The van der Waals surface area contributed by atoms with E-state index in [0.29, 0.717) is 18.2 Å². The maximum Gasteiger partial charge on any atom is 0.253 e. The van der Waals surface area contributed by atoms with E-state index in [1.165, 1.54) is 35.9 Å². The van der Waals surface area contributed by atoms with Gasteiger partial charge in [-0.05, 0) is 36.4 Å². The molecule has 0 spiro atoms. The number of nitrogens with zero attached hydrogens (tertiary/aromatic N) is 4. The summed E-state index contributed by atoms with van der Waals surface area (Å²) in [5, 5.41) is 20.7. The highest BCUT2D eigenvalue weighted by Gasteiger charge is 2.34. The molecule has 1 saturated carbocycles. The number of nitrogens with one attached hydrogen (secondary N) is 1. The van der Waals surface area contributed by atoms with Crippen LogP contribution in [0.15, 0.2) is 49.8 Å². The van der Waals surface area contributed by atoms with E-state index in [9.17, 15) is 4.79 Å². The quantitative estimate of drug-likeness (QED) is 0.564. The van der Waals surface area contributed by atoms with E-state index in [4.69, 9.17) is 4.42 Å². The second-order valence-corrected chi connectivity index (χ2v) is 9.76. The number of anilines is 1. The van der Waals surface area contributed by atoms with Gasteiger partial charge in [0, 0.05) is 17.3 Å². The third-order valence-electron chi connectivity index (χ3n) is 4.47. The lowest BCUT2D eigenvalue weighted by Gasteiger charge is -2.20. The Morgan fingerprint density at radius 1 is 1.32 bits per heavy atom. The van der Waals surface area contributed by atoms with Crippen molar-refractivity contribution in [3.8, 4) is 0 Å². The molecule has 1 aliphatic heterocycles. The predicted molar refractivity (Wildman–Crippen MR) is 111 cm³/mol. The Morgan fingerprint density at radius 2 is 2.25 bits per heavy atom. The average molecular weight is 432 g/mol. The molecule has 1 atom stereocenters. The Hall–Kier alpha value is -2.17. The van der Waals surface area contributed by atoms with Crippen LogP contribution < -0.4 is 5.32 Å². The molecule has 5 rings (SSSR count). The van der Waals surface area contributed by atoms with Crippen molar-refractivity contribution in [2.75, 3.05) is 11.1 Å². The van der Waals surface area contributed by atoms with Crippen LogP contribution in [0.1, 0.15) is 35.9 Å². The van der Waals surface area contributed by atoms with E-state index in [2.05, 4.69) is 20.6 Å². The van der Waals surface area contributed by atoms with Crippen molar-refractivity contribution in [1.29, 1.82) is 0 Å². The molecule has 144 valence electrons. The number of amides is 1. The van der Waals surface area contributed by atoms with Crippen LogP contribution >= 0.6 is 34.4 Å². The van der Waals surface area contributed by atoms with Crippen molar-refractivity contribution in [2.24, 2.45) is 5.10 Å². The first kappa shape index (κ1) is 17.9. The van der Waals surface area contributed by atoms with E-state index in [-0.39, 0.29) is 17.7 Å². The van der Waals surface area contributed by atoms with Gasteiger partial charge in [-0.25, -0.2) is 5.01 Å². The highest BCUT2D eigenvalue weighted by molar-refractivity contribution is 8.01. The fourth-order valence-electron chi connectivity index (χ4n) is 2.95. The second-order valence-electron chi connectivity index (χ2n) is 6.58. The maximum absolute atomic E-state index is 12.9. The zero-order chi connectivity index (χ0) is 18.9. The number of carbonyl (C=O) groups is 1. The number of carbonyl (C=O) groups excluding carboxylic acids is 1. The molecule has 0 aromatic carbocycles. The first-order valence-electron chi connectivity index (χ1n) is 8.96. The van der Waals surface area contributed by atoms with Crippen LogP contribution in [-0.4, -0.2) is 38.6 Å².